The molecule has 0 aliphatic heterocycles. The highest BCUT2D eigenvalue weighted by Gasteiger charge is 2.19. The maximum atomic E-state index is 12.3. The lowest BCUT2D eigenvalue weighted by atomic mass is 9.95. The fourth-order valence-electron chi connectivity index (χ4n) is 3.60. The molecule has 162 valence electrons. The Morgan fingerprint density at radius 3 is 2.59 bits per heavy atom. The van der Waals surface area contributed by atoms with Crippen molar-refractivity contribution in [3.8, 4) is 34.1 Å². The number of methoxy groups -OCH3 is 1. The van der Waals surface area contributed by atoms with Crippen molar-refractivity contribution in [2.24, 2.45) is 0 Å². The van der Waals surface area contributed by atoms with Gasteiger partial charge in [0.15, 0.2) is 15.5 Å². The van der Waals surface area contributed by atoms with Crippen molar-refractivity contribution in [1.29, 1.82) is 5.26 Å². The van der Waals surface area contributed by atoms with Crippen LogP contribution in [0.1, 0.15) is 19.4 Å². The molecule has 0 saturated heterocycles. The monoisotopic (exact) mass is 447 g/mol. The molecule has 0 aliphatic carbocycles. The zero-order chi connectivity index (χ0) is 22.9. The van der Waals surface area contributed by atoms with E-state index in [4.69, 9.17) is 4.74 Å². The standard InChI is InChI=1S/C23H21N5O3S/c1-4-28-14-25-22-20(13-26-27-23(22)28)15-6-7-16(12-24)19(10-15)18-9-8-17(11-21(18)31-3)32(29,30)5-2/h6-11,13-14H,4-5H2,1-3H3. The molecule has 0 spiro atoms. The first-order chi connectivity index (χ1) is 15.4. The summed E-state index contributed by atoms with van der Waals surface area (Å²) >= 11 is 0. The Kier molecular flexibility index (Phi) is 5.63. The molecule has 2 aromatic carbocycles. The minimum atomic E-state index is -3.39. The van der Waals surface area contributed by atoms with Gasteiger partial charge >= 0.3 is 0 Å². The molecule has 0 atom stereocenters. The summed E-state index contributed by atoms with van der Waals surface area (Å²) in [6.45, 7) is 4.32. The van der Waals surface area contributed by atoms with E-state index in [1.165, 1.54) is 13.2 Å². The van der Waals surface area contributed by atoms with Crippen LogP contribution in [0.25, 0.3) is 33.4 Å². The number of benzene rings is 2. The number of hydrogen-bond donors (Lipinski definition) is 0. The largest absolute Gasteiger partial charge is 0.496 e. The maximum Gasteiger partial charge on any atom is 0.183 e. The molecule has 0 aliphatic rings. The van der Waals surface area contributed by atoms with Gasteiger partial charge in [0.1, 0.15) is 11.3 Å². The van der Waals surface area contributed by atoms with Crippen LogP contribution in [0, 0.1) is 11.3 Å². The van der Waals surface area contributed by atoms with E-state index in [2.05, 4.69) is 21.3 Å². The summed E-state index contributed by atoms with van der Waals surface area (Å²) in [5, 5.41) is 18.0. The predicted octanol–water partition coefficient (Wildman–Crippen LogP) is 3.85. The molecule has 0 radical (unpaired) electrons. The van der Waals surface area contributed by atoms with E-state index in [0.29, 0.717) is 33.6 Å². The van der Waals surface area contributed by atoms with Gasteiger partial charge in [-0.1, -0.05) is 13.0 Å². The molecule has 0 N–H and O–H groups in total. The van der Waals surface area contributed by atoms with Crippen molar-refractivity contribution in [1.82, 2.24) is 19.7 Å². The van der Waals surface area contributed by atoms with E-state index in [-0.39, 0.29) is 10.6 Å². The molecule has 8 nitrogen and oxygen atoms in total. The highest BCUT2D eigenvalue weighted by atomic mass is 32.2. The Morgan fingerprint density at radius 1 is 1.09 bits per heavy atom. The molecule has 32 heavy (non-hydrogen) atoms. The van der Waals surface area contributed by atoms with Crippen LogP contribution < -0.4 is 4.74 Å². The predicted molar refractivity (Wildman–Crippen MR) is 121 cm³/mol. The molecule has 0 bridgehead atoms. The van der Waals surface area contributed by atoms with E-state index in [1.54, 1.807) is 37.6 Å². The van der Waals surface area contributed by atoms with Gasteiger partial charge in [-0.3, -0.25) is 0 Å². The van der Waals surface area contributed by atoms with Crippen molar-refractivity contribution >= 4 is 21.0 Å². The Labute approximate surface area is 186 Å². The number of nitrogens with zero attached hydrogens (tertiary/aromatic N) is 5. The second-order valence-electron chi connectivity index (χ2n) is 7.10. The van der Waals surface area contributed by atoms with Crippen LogP contribution in [-0.4, -0.2) is 41.0 Å². The zero-order valence-electron chi connectivity index (χ0n) is 17.9. The quantitative estimate of drug-likeness (QED) is 0.441. The van der Waals surface area contributed by atoms with Crippen LogP contribution in [0.15, 0.2) is 53.8 Å². The lowest BCUT2D eigenvalue weighted by Gasteiger charge is -2.14. The number of ether oxygens (including phenoxy) is 1. The van der Waals surface area contributed by atoms with Gasteiger partial charge in [-0.25, -0.2) is 13.4 Å². The second-order valence-corrected chi connectivity index (χ2v) is 9.38. The molecule has 4 aromatic rings. The maximum absolute atomic E-state index is 12.3. The van der Waals surface area contributed by atoms with Crippen LogP contribution in [0.3, 0.4) is 0 Å². The summed E-state index contributed by atoms with van der Waals surface area (Å²) in [6.07, 6.45) is 3.37. The number of sulfone groups is 1. The third kappa shape index (κ3) is 3.59. The average molecular weight is 448 g/mol. The number of rotatable bonds is 6. The third-order valence-electron chi connectivity index (χ3n) is 5.40. The molecule has 2 aromatic heterocycles. The number of aryl methyl sites for hydroxylation is 1. The normalized spacial score (nSPS) is 11.4. The first-order valence-corrected chi connectivity index (χ1v) is 11.7. The second kappa shape index (κ2) is 8.40. The molecule has 9 heteroatoms. The summed E-state index contributed by atoms with van der Waals surface area (Å²) in [5.74, 6) is 0.366. The highest BCUT2D eigenvalue weighted by molar-refractivity contribution is 7.91. The molecule has 0 amide bonds. The van der Waals surface area contributed by atoms with Gasteiger partial charge in [-0.15, -0.1) is 5.10 Å². The van der Waals surface area contributed by atoms with Crippen molar-refractivity contribution in [2.75, 3.05) is 12.9 Å². The summed E-state index contributed by atoms with van der Waals surface area (Å²) < 4.78 is 32.0. The molecule has 4 rings (SSSR count). The highest BCUT2D eigenvalue weighted by Crippen LogP contribution is 2.37. The van der Waals surface area contributed by atoms with Crippen molar-refractivity contribution in [2.45, 2.75) is 25.3 Å². The van der Waals surface area contributed by atoms with Gasteiger partial charge in [0, 0.05) is 23.2 Å². The SMILES string of the molecule is CCn1cnc2c(-c3ccc(C#N)c(-c4ccc(S(=O)(=O)CC)cc4OC)c3)cnnc21. The van der Waals surface area contributed by atoms with Crippen LogP contribution in [0.4, 0.5) is 0 Å². The number of imidazole rings is 1. The van der Waals surface area contributed by atoms with Crippen molar-refractivity contribution in [3.05, 3.63) is 54.5 Å². The zero-order valence-corrected chi connectivity index (χ0v) is 18.7. The number of fused-ring (bicyclic) bond motifs is 1. The van der Waals surface area contributed by atoms with Gasteiger partial charge in [-0.05, 0) is 42.8 Å². The van der Waals surface area contributed by atoms with E-state index in [0.717, 1.165) is 17.7 Å². The van der Waals surface area contributed by atoms with E-state index in [1.807, 2.05) is 23.6 Å². The first kappa shape index (κ1) is 21.5. The van der Waals surface area contributed by atoms with Gasteiger partial charge in [0.25, 0.3) is 0 Å². The average Bonchev–Trinajstić information content (AvgIpc) is 3.26. The van der Waals surface area contributed by atoms with Crippen molar-refractivity contribution < 1.29 is 13.2 Å². The molecule has 2 heterocycles. The van der Waals surface area contributed by atoms with Crippen LogP contribution >= 0.6 is 0 Å². The Morgan fingerprint density at radius 2 is 1.91 bits per heavy atom. The van der Waals surface area contributed by atoms with Crippen LogP contribution in [0.5, 0.6) is 5.75 Å². The smallest absolute Gasteiger partial charge is 0.183 e. The van der Waals surface area contributed by atoms with Gasteiger partial charge in [0.2, 0.25) is 0 Å². The van der Waals surface area contributed by atoms with Crippen LogP contribution in [0.2, 0.25) is 0 Å². The van der Waals surface area contributed by atoms with Gasteiger partial charge in [-0.2, -0.15) is 10.4 Å². The minimum absolute atomic E-state index is 0.0100. The molecule has 0 saturated carbocycles. The topological polar surface area (TPSA) is 111 Å². The lowest BCUT2D eigenvalue weighted by Crippen LogP contribution is -2.04. The Hall–Kier alpha value is -3.77. The lowest BCUT2D eigenvalue weighted by molar-refractivity contribution is 0.415. The molecule has 0 unspecified atom stereocenters. The number of hydrogen-bond acceptors (Lipinski definition) is 7. The molecular weight excluding hydrogens is 426 g/mol. The Balaban J connectivity index is 1.92. The van der Waals surface area contributed by atoms with Crippen LogP contribution in [-0.2, 0) is 16.4 Å². The molecular formula is C23H21N5O3S. The van der Waals surface area contributed by atoms with Gasteiger partial charge < -0.3 is 9.30 Å². The Bertz CT molecular complexity index is 1470. The summed E-state index contributed by atoms with van der Waals surface area (Å²) in [4.78, 5) is 4.68. The number of nitriles is 1. The minimum Gasteiger partial charge on any atom is -0.496 e. The van der Waals surface area contributed by atoms with E-state index in [9.17, 15) is 13.7 Å². The molecule has 0 fully saturated rings. The fourth-order valence-corrected chi connectivity index (χ4v) is 4.50. The fraction of sp³-hybridized carbons (Fsp3) is 0.217. The first-order valence-electron chi connectivity index (χ1n) is 10.1. The number of aromatic nitrogens is 4. The summed E-state index contributed by atoms with van der Waals surface area (Å²) in [6, 6.07) is 12.4. The third-order valence-corrected chi connectivity index (χ3v) is 7.13. The van der Waals surface area contributed by atoms with E-state index >= 15 is 0 Å². The summed E-state index contributed by atoms with van der Waals surface area (Å²) in [5.41, 5.74) is 4.69. The summed E-state index contributed by atoms with van der Waals surface area (Å²) in [7, 11) is -1.91. The van der Waals surface area contributed by atoms with Crippen molar-refractivity contribution in [3.63, 3.8) is 0 Å². The van der Waals surface area contributed by atoms with E-state index < -0.39 is 9.84 Å². The van der Waals surface area contributed by atoms with Gasteiger partial charge in [0.05, 0.1) is 41.9 Å².